The molecule has 1 N–H and O–H groups in total. The van der Waals surface area contributed by atoms with Crippen molar-refractivity contribution >= 4 is 0 Å². The van der Waals surface area contributed by atoms with Gasteiger partial charge in [0, 0.05) is 0 Å². The van der Waals surface area contributed by atoms with Gasteiger partial charge in [0.2, 0.25) is 0 Å². The highest BCUT2D eigenvalue weighted by Crippen LogP contribution is 2.12. The fourth-order valence-electron chi connectivity index (χ4n) is 1.34. The lowest BCUT2D eigenvalue weighted by Gasteiger charge is -2.06. The third-order valence-corrected chi connectivity index (χ3v) is 2.16. The van der Waals surface area contributed by atoms with Crippen molar-refractivity contribution in [2.45, 2.75) is 19.8 Å². The Kier molecular flexibility index (Phi) is 6.05. The molecule has 0 radical (unpaired) electrons. The molecule has 0 bridgehead atoms. The zero-order valence-corrected chi connectivity index (χ0v) is 9.70. The second-order valence-electron chi connectivity index (χ2n) is 3.59. The Morgan fingerprint density at radius 3 is 3.00 bits per heavy atom. The Hall–Kier alpha value is -1.53. The molecule has 0 saturated heterocycles. The second kappa shape index (κ2) is 7.72. The molecule has 0 saturated carbocycles. The van der Waals surface area contributed by atoms with Crippen LogP contribution in [0.4, 0.5) is 0 Å². The first-order valence-electron chi connectivity index (χ1n) is 5.70. The molecule has 0 aromatic heterocycles. The molecular weight excluding hydrogens is 200 g/mol. The van der Waals surface area contributed by atoms with Crippen molar-refractivity contribution < 1.29 is 4.74 Å². The molecule has 86 valence electrons. The van der Waals surface area contributed by atoms with Crippen LogP contribution < -0.4 is 10.1 Å². The zero-order chi connectivity index (χ0) is 11.6. The number of hydrogen-bond donors (Lipinski definition) is 1. The van der Waals surface area contributed by atoms with E-state index in [-0.39, 0.29) is 0 Å². The molecule has 16 heavy (non-hydrogen) atoms. The topological polar surface area (TPSA) is 45.0 Å². The van der Waals surface area contributed by atoms with E-state index in [4.69, 9.17) is 10.00 Å². The maximum absolute atomic E-state index is 8.72. The summed E-state index contributed by atoms with van der Waals surface area (Å²) in [5.41, 5.74) is 0.640. The molecule has 0 aliphatic heterocycles. The fourth-order valence-corrected chi connectivity index (χ4v) is 1.34. The molecule has 0 aliphatic rings. The summed E-state index contributed by atoms with van der Waals surface area (Å²) in [6.45, 7) is 4.87. The van der Waals surface area contributed by atoms with Gasteiger partial charge in [-0.25, -0.2) is 0 Å². The summed E-state index contributed by atoms with van der Waals surface area (Å²) in [5.74, 6) is 0.773. The minimum atomic E-state index is 0.640. The van der Waals surface area contributed by atoms with Gasteiger partial charge in [-0.15, -0.1) is 0 Å². The van der Waals surface area contributed by atoms with E-state index >= 15 is 0 Å². The van der Waals surface area contributed by atoms with E-state index in [1.54, 1.807) is 12.1 Å². The summed E-state index contributed by atoms with van der Waals surface area (Å²) in [6, 6.07) is 9.34. The monoisotopic (exact) mass is 218 g/mol. The lowest BCUT2D eigenvalue weighted by atomic mass is 10.2. The summed E-state index contributed by atoms with van der Waals surface area (Å²) >= 11 is 0. The van der Waals surface area contributed by atoms with Crippen molar-refractivity contribution in [3.05, 3.63) is 29.8 Å². The first-order valence-corrected chi connectivity index (χ1v) is 5.70. The molecule has 0 unspecified atom stereocenters. The van der Waals surface area contributed by atoms with E-state index in [1.807, 2.05) is 12.1 Å². The number of nitriles is 1. The van der Waals surface area contributed by atoms with E-state index in [9.17, 15) is 0 Å². The first kappa shape index (κ1) is 12.5. The van der Waals surface area contributed by atoms with Crippen LogP contribution in [0.2, 0.25) is 0 Å². The van der Waals surface area contributed by atoms with E-state index in [1.165, 1.54) is 0 Å². The van der Waals surface area contributed by atoms with E-state index < -0.39 is 0 Å². The van der Waals surface area contributed by atoms with Gasteiger partial charge in [-0.3, -0.25) is 0 Å². The fraction of sp³-hybridized carbons (Fsp3) is 0.462. The summed E-state index contributed by atoms with van der Waals surface area (Å²) in [7, 11) is 0. The highest BCUT2D eigenvalue weighted by atomic mass is 16.5. The molecule has 1 rings (SSSR count). The van der Waals surface area contributed by atoms with Crippen LogP contribution in [-0.4, -0.2) is 19.7 Å². The van der Waals surface area contributed by atoms with Crippen LogP contribution in [0.1, 0.15) is 25.3 Å². The number of nitrogens with zero attached hydrogens (tertiary/aromatic N) is 1. The second-order valence-corrected chi connectivity index (χ2v) is 3.59. The Balaban J connectivity index is 2.19. The SMILES string of the molecule is CCCNCCCOc1cccc(C#N)c1. The number of nitrogens with one attached hydrogen (secondary N) is 1. The third kappa shape index (κ3) is 4.81. The lowest BCUT2D eigenvalue weighted by molar-refractivity contribution is 0.308. The highest BCUT2D eigenvalue weighted by molar-refractivity contribution is 5.36. The van der Waals surface area contributed by atoms with Gasteiger partial charge in [0.25, 0.3) is 0 Å². The van der Waals surface area contributed by atoms with Crippen LogP contribution in [0.15, 0.2) is 24.3 Å². The predicted molar refractivity (Wildman–Crippen MR) is 64.4 cm³/mol. The average Bonchev–Trinajstić information content (AvgIpc) is 2.34. The first-order chi connectivity index (χ1) is 7.86. The maximum atomic E-state index is 8.72. The van der Waals surface area contributed by atoms with Gasteiger partial charge in [-0.1, -0.05) is 13.0 Å². The Bertz CT molecular complexity index is 344. The van der Waals surface area contributed by atoms with Gasteiger partial charge in [0.1, 0.15) is 5.75 Å². The number of ether oxygens (including phenoxy) is 1. The van der Waals surface area contributed by atoms with Crippen LogP contribution in [0.25, 0.3) is 0 Å². The number of rotatable bonds is 7. The minimum absolute atomic E-state index is 0.640. The zero-order valence-electron chi connectivity index (χ0n) is 9.70. The van der Waals surface area contributed by atoms with Crippen molar-refractivity contribution in [3.8, 4) is 11.8 Å². The summed E-state index contributed by atoms with van der Waals surface area (Å²) in [5, 5.41) is 12.0. The Labute approximate surface area is 97.0 Å². The average molecular weight is 218 g/mol. The smallest absolute Gasteiger partial charge is 0.120 e. The molecule has 3 heteroatoms. The Morgan fingerprint density at radius 1 is 1.38 bits per heavy atom. The van der Waals surface area contributed by atoms with E-state index in [0.29, 0.717) is 12.2 Å². The lowest BCUT2D eigenvalue weighted by Crippen LogP contribution is -2.18. The van der Waals surface area contributed by atoms with Crippen LogP contribution in [0.3, 0.4) is 0 Å². The van der Waals surface area contributed by atoms with Crippen molar-refractivity contribution in [3.63, 3.8) is 0 Å². The molecule has 0 heterocycles. The van der Waals surface area contributed by atoms with Crippen molar-refractivity contribution in [2.24, 2.45) is 0 Å². The molecule has 0 atom stereocenters. The van der Waals surface area contributed by atoms with Crippen LogP contribution >= 0.6 is 0 Å². The number of hydrogen-bond acceptors (Lipinski definition) is 3. The van der Waals surface area contributed by atoms with Gasteiger partial charge in [0.05, 0.1) is 18.2 Å². The van der Waals surface area contributed by atoms with Crippen LogP contribution in [0.5, 0.6) is 5.75 Å². The normalized spacial score (nSPS) is 9.75. The van der Waals surface area contributed by atoms with E-state index in [2.05, 4.69) is 18.3 Å². The van der Waals surface area contributed by atoms with Crippen molar-refractivity contribution in [2.75, 3.05) is 19.7 Å². The van der Waals surface area contributed by atoms with E-state index in [0.717, 1.165) is 31.7 Å². The molecule has 0 amide bonds. The number of benzene rings is 1. The van der Waals surface area contributed by atoms with Gasteiger partial charge in [0.15, 0.2) is 0 Å². The Morgan fingerprint density at radius 2 is 2.25 bits per heavy atom. The quantitative estimate of drug-likeness (QED) is 0.714. The molecule has 1 aromatic carbocycles. The highest BCUT2D eigenvalue weighted by Gasteiger charge is 1.95. The molecular formula is C13H18N2O. The van der Waals surface area contributed by atoms with Crippen LogP contribution in [0, 0.1) is 11.3 Å². The van der Waals surface area contributed by atoms with Crippen LogP contribution in [-0.2, 0) is 0 Å². The predicted octanol–water partition coefficient (Wildman–Crippen LogP) is 2.33. The minimum Gasteiger partial charge on any atom is -0.494 e. The maximum Gasteiger partial charge on any atom is 0.120 e. The van der Waals surface area contributed by atoms with Gasteiger partial charge in [-0.2, -0.15) is 5.26 Å². The molecule has 0 fully saturated rings. The van der Waals surface area contributed by atoms with Crippen molar-refractivity contribution in [1.82, 2.24) is 5.32 Å². The van der Waals surface area contributed by atoms with Gasteiger partial charge >= 0.3 is 0 Å². The molecule has 1 aromatic rings. The van der Waals surface area contributed by atoms with Crippen molar-refractivity contribution in [1.29, 1.82) is 5.26 Å². The third-order valence-electron chi connectivity index (χ3n) is 2.16. The molecule has 0 aliphatic carbocycles. The van der Waals surface area contributed by atoms with Gasteiger partial charge < -0.3 is 10.1 Å². The summed E-state index contributed by atoms with van der Waals surface area (Å²) < 4.78 is 5.54. The molecule has 0 spiro atoms. The summed E-state index contributed by atoms with van der Waals surface area (Å²) in [4.78, 5) is 0. The summed E-state index contributed by atoms with van der Waals surface area (Å²) in [6.07, 6.45) is 2.14. The van der Waals surface area contributed by atoms with Gasteiger partial charge in [-0.05, 0) is 44.1 Å². The standard InChI is InChI=1S/C13H18N2O/c1-2-7-15-8-4-9-16-13-6-3-5-12(10-13)11-14/h3,5-6,10,15H,2,4,7-9H2,1H3. The molecule has 3 nitrogen and oxygen atoms in total. The largest absolute Gasteiger partial charge is 0.494 e.